The maximum atomic E-state index is 12.2. The van der Waals surface area contributed by atoms with Crippen LogP contribution in [-0.2, 0) is 17.2 Å². The molecule has 0 bridgehead atoms. The highest BCUT2D eigenvalue weighted by molar-refractivity contribution is 6.40. The Balaban J connectivity index is 3.53. The second-order valence-corrected chi connectivity index (χ2v) is 2.51. The second kappa shape index (κ2) is 4.25. The molecule has 0 spiro atoms. The van der Waals surface area contributed by atoms with Crippen molar-refractivity contribution in [2.45, 2.75) is 13.8 Å². The molecule has 0 aliphatic rings. The molecule has 0 atom stereocenters. The van der Waals surface area contributed by atoms with E-state index in [2.05, 4.69) is 7.58 Å². The summed E-state index contributed by atoms with van der Waals surface area (Å²) in [6.45, 7) is 2.09. The van der Waals surface area contributed by atoms with E-state index in [9.17, 15) is 13.1 Å². The molecule has 0 heterocycles. The van der Waals surface area contributed by atoms with E-state index in [-0.39, 0.29) is 0 Å². The molecule has 0 N–H and O–H groups in total. The summed E-state index contributed by atoms with van der Waals surface area (Å²) >= 11 is -3.52. The van der Waals surface area contributed by atoms with Crippen LogP contribution in [0.25, 0.3) is 0 Å². The summed E-state index contributed by atoms with van der Waals surface area (Å²) in [5, 5.41) is 0. The predicted octanol–water partition coefficient (Wildman–Crippen LogP) is 0.0670. The van der Waals surface area contributed by atoms with E-state index in [0.717, 1.165) is 13.8 Å². The maximum absolute atomic E-state index is 12.2. The summed E-state index contributed by atoms with van der Waals surface area (Å²) in [5.74, 6) is -1.55. The standard InChI is InChI=1S/2C2H4O2.Al.FH/c2*1-2(3)4;;/h2*1H3,(H,3,4);;1H/q;;+3;/p-3. The van der Waals surface area contributed by atoms with Gasteiger partial charge in [0, 0.05) is 13.8 Å². The van der Waals surface area contributed by atoms with Crippen molar-refractivity contribution >= 4 is 27.2 Å². The Kier molecular flexibility index (Phi) is 4.00. The van der Waals surface area contributed by atoms with Crippen LogP contribution in [0.2, 0.25) is 0 Å². The van der Waals surface area contributed by atoms with Crippen molar-refractivity contribution in [1.82, 2.24) is 0 Å². The van der Waals surface area contributed by atoms with Crippen LogP contribution in [0, 0.1) is 0 Å². The van der Waals surface area contributed by atoms with E-state index in [0.29, 0.717) is 0 Å². The first-order valence-corrected chi connectivity index (χ1v) is 3.89. The summed E-state index contributed by atoms with van der Waals surface area (Å²) in [6, 6.07) is 0. The first-order valence-electron chi connectivity index (χ1n) is 2.51. The molecular formula is C4H6AlFO4. The van der Waals surface area contributed by atoms with Gasteiger partial charge >= 0.3 is 15.3 Å². The van der Waals surface area contributed by atoms with Crippen LogP contribution in [0.1, 0.15) is 13.8 Å². The molecule has 0 aliphatic heterocycles. The fraction of sp³-hybridized carbons (Fsp3) is 0.500. The SMILES string of the molecule is CC(=O)[O][Al]([F])[O]C(C)=O. The third-order valence-electron chi connectivity index (χ3n) is 0.517. The Morgan fingerprint density at radius 3 is 1.70 bits per heavy atom. The molecule has 0 fully saturated rings. The third-order valence-corrected chi connectivity index (χ3v) is 1.55. The van der Waals surface area contributed by atoms with Crippen LogP contribution >= 0.6 is 0 Å². The first-order chi connectivity index (χ1) is 4.52. The average Bonchev–Trinajstić information content (AvgIpc) is 1.58. The summed E-state index contributed by atoms with van der Waals surface area (Å²) < 4.78 is 20.1. The van der Waals surface area contributed by atoms with Crippen LogP contribution in [0.15, 0.2) is 0 Å². The fourth-order valence-electron chi connectivity index (χ4n) is 0.285. The molecule has 56 valence electrons. The van der Waals surface area contributed by atoms with Gasteiger partial charge in [-0.1, -0.05) is 0 Å². The molecule has 0 rings (SSSR count). The minimum atomic E-state index is -3.52. The van der Waals surface area contributed by atoms with E-state index in [1.807, 2.05) is 0 Å². The van der Waals surface area contributed by atoms with Gasteiger partial charge in [0.25, 0.3) is 11.9 Å². The number of hydrogen-bond donors (Lipinski definition) is 0. The normalized spacial score (nSPS) is 8.30. The van der Waals surface area contributed by atoms with Gasteiger partial charge < -0.3 is 11.1 Å². The van der Waals surface area contributed by atoms with Gasteiger partial charge in [0.1, 0.15) is 0 Å². The summed E-state index contributed by atoms with van der Waals surface area (Å²) in [4.78, 5) is 20.0. The van der Waals surface area contributed by atoms with Gasteiger partial charge in [-0.3, -0.25) is 9.59 Å². The van der Waals surface area contributed by atoms with E-state index in [4.69, 9.17) is 0 Å². The summed E-state index contributed by atoms with van der Waals surface area (Å²) in [5.41, 5.74) is 0. The zero-order chi connectivity index (χ0) is 8.15. The lowest BCUT2D eigenvalue weighted by Crippen LogP contribution is -2.22. The highest BCUT2D eigenvalue weighted by atomic mass is 27.3. The molecule has 6 heteroatoms. The lowest BCUT2D eigenvalue weighted by molar-refractivity contribution is -0.138. The lowest BCUT2D eigenvalue weighted by atomic mass is 10.9. The Labute approximate surface area is 62.5 Å². The zero-order valence-corrected chi connectivity index (χ0v) is 6.74. The van der Waals surface area contributed by atoms with Crippen molar-refractivity contribution in [2.75, 3.05) is 0 Å². The van der Waals surface area contributed by atoms with Crippen LogP contribution in [0.3, 0.4) is 0 Å². The molecule has 4 nitrogen and oxygen atoms in total. The van der Waals surface area contributed by atoms with Crippen molar-refractivity contribution in [3.8, 4) is 0 Å². The molecule has 0 unspecified atom stereocenters. The smallest absolute Gasteiger partial charge is 0.559 e. The van der Waals surface area contributed by atoms with Gasteiger partial charge in [-0.25, -0.2) is 0 Å². The monoisotopic (exact) mass is 164 g/mol. The minimum absolute atomic E-state index is 0.777. The summed E-state index contributed by atoms with van der Waals surface area (Å²) in [6.07, 6.45) is 0. The van der Waals surface area contributed by atoms with Gasteiger partial charge in [-0.05, 0) is 0 Å². The Morgan fingerprint density at radius 1 is 1.20 bits per heavy atom. The third kappa shape index (κ3) is 5.54. The highest BCUT2D eigenvalue weighted by Crippen LogP contribution is 1.91. The molecule has 0 aromatic rings. The van der Waals surface area contributed by atoms with E-state index in [1.54, 1.807) is 0 Å². The number of halogens is 1. The molecule has 10 heavy (non-hydrogen) atoms. The average molecular weight is 164 g/mol. The van der Waals surface area contributed by atoms with Crippen molar-refractivity contribution in [3.63, 3.8) is 0 Å². The van der Waals surface area contributed by atoms with E-state index < -0.39 is 27.2 Å². The van der Waals surface area contributed by atoms with Gasteiger partial charge in [-0.2, -0.15) is 0 Å². The second-order valence-electron chi connectivity index (χ2n) is 1.49. The van der Waals surface area contributed by atoms with Crippen molar-refractivity contribution in [3.05, 3.63) is 0 Å². The molecule has 0 amide bonds. The molecule has 0 aliphatic carbocycles. The topological polar surface area (TPSA) is 52.6 Å². The van der Waals surface area contributed by atoms with E-state index >= 15 is 0 Å². The van der Waals surface area contributed by atoms with Crippen molar-refractivity contribution in [2.24, 2.45) is 0 Å². The first kappa shape index (κ1) is 9.40. The number of carbonyl (C=O) groups excluding carboxylic acids is 2. The van der Waals surface area contributed by atoms with E-state index in [1.165, 1.54) is 0 Å². The molecule has 0 saturated carbocycles. The Hall–Kier alpha value is -0.598. The van der Waals surface area contributed by atoms with Crippen molar-refractivity contribution in [1.29, 1.82) is 0 Å². The van der Waals surface area contributed by atoms with Gasteiger partial charge in [0.2, 0.25) is 0 Å². The summed E-state index contributed by atoms with van der Waals surface area (Å²) in [7, 11) is 0. The van der Waals surface area contributed by atoms with Crippen LogP contribution in [0.5, 0.6) is 0 Å². The van der Waals surface area contributed by atoms with Crippen LogP contribution in [0.4, 0.5) is 3.52 Å². The van der Waals surface area contributed by atoms with Gasteiger partial charge in [0.15, 0.2) is 0 Å². The molecule has 0 saturated heterocycles. The van der Waals surface area contributed by atoms with Crippen LogP contribution in [-0.4, -0.2) is 27.2 Å². The van der Waals surface area contributed by atoms with Gasteiger partial charge in [0.05, 0.1) is 0 Å². The molecule has 0 aromatic heterocycles. The number of rotatable bonds is 2. The predicted molar refractivity (Wildman–Crippen MR) is 30.4 cm³/mol. The lowest BCUT2D eigenvalue weighted by Gasteiger charge is -2.01. The van der Waals surface area contributed by atoms with Crippen molar-refractivity contribution < 1.29 is 20.7 Å². The molecule has 0 radical (unpaired) electrons. The van der Waals surface area contributed by atoms with Gasteiger partial charge in [-0.15, -0.1) is 0 Å². The Morgan fingerprint density at radius 2 is 1.50 bits per heavy atom. The fourth-order valence-corrected chi connectivity index (χ4v) is 0.855. The molecular weight excluding hydrogens is 158 g/mol. The number of carbonyl (C=O) groups is 2. The number of hydrogen-bond acceptors (Lipinski definition) is 4. The minimum Gasteiger partial charge on any atom is -0.559 e. The van der Waals surface area contributed by atoms with Crippen LogP contribution < -0.4 is 0 Å². The molecule has 0 aromatic carbocycles. The highest BCUT2D eigenvalue weighted by Gasteiger charge is 2.39. The Bertz CT molecular complexity index is 132. The zero-order valence-electron chi connectivity index (χ0n) is 5.59. The maximum Gasteiger partial charge on any atom is 1.15 e. The quantitative estimate of drug-likeness (QED) is 0.542. The largest absolute Gasteiger partial charge is 1.15 e.